The van der Waals surface area contributed by atoms with Crippen molar-refractivity contribution in [1.82, 2.24) is 19.5 Å². The summed E-state index contributed by atoms with van der Waals surface area (Å²) >= 11 is 0. The van der Waals surface area contributed by atoms with Gasteiger partial charge in [0.1, 0.15) is 12.9 Å². The second-order valence-electron chi connectivity index (χ2n) is 6.62. The van der Waals surface area contributed by atoms with Gasteiger partial charge in [-0.1, -0.05) is 23.4 Å². The lowest BCUT2D eigenvalue weighted by atomic mass is 9.96. The highest BCUT2D eigenvalue weighted by Crippen LogP contribution is 2.27. The van der Waals surface area contributed by atoms with Crippen LogP contribution in [0.3, 0.4) is 0 Å². The van der Waals surface area contributed by atoms with Gasteiger partial charge in [0.15, 0.2) is 5.65 Å². The molecule has 4 rings (SSSR count). The number of pyridine rings is 1. The Balaban J connectivity index is 1.51. The number of nitrogens with zero attached hydrogens (tertiary/aromatic N) is 5. The van der Waals surface area contributed by atoms with Crippen molar-refractivity contribution >= 4 is 17.8 Å². The summed E-state index contributed by atoms with van der Waals surface area (Å²) in [4.78, 5) is 19.5. The zero-order valence-corrected chi connectivity index (χ0v) is 15.2. The number of carbonyl (C=O) groups is 1. The summed E-state index contributed by atoms with van der Waals surface area (Å²) in [6.07, 6.45) is 5.55. The van der Waals surface area contributed by atoms with E-state index in [1.807, 2.05) is 58.0 Å². The Kier molecular flexibility index (Phi) is 4.82. The molecule has 0 radical (unpaired) electrons. The molecule has 1 aliphatic heterocycles. The maximum absolute atomic E-state index is 12.9. The molecule has 0 bridgehead atoms. The highest BCUT2D eigenvalue weighted by atomic mass is 16.6. The van der Waals surface area contributed by atoms with Crippen molar-refractivity contribution in [2.75, 3.05) is 20.2 Å². The van der Waals surface area contributed by atoms with E-state index in [-0.39, 0.29) is 11.8 Å². The van der Waals surface area contributed by atoms with Crippen LogP contribution in [-0.2, 0) is 4.84 Å². The Labute approximate surface area is 157 Å². The number of fused-ring (bicyclic) bond motifs is 1. The molecule has 138 valence electrons. The molecule has 1 amide bonds. The standard InChI is InChI=1S/C20H21N5O2/c1-27-21-13-15-7-9-16(10-8-15)20(26)24-11-4-5-17(14-24)19-23-22-18-6-2-3-12-25(18)19/h2-3,6-10,12-13,17H,4-5,11,14H2,1H3/b21-13+. The number of piperidine rings is 1. The molecule has 1 unspecified atom stereocenters. The molecule has 0 saturated carbocycles. The Hall–Kier alpha value is -3.22. The van der Waals surface area contributed by atoms with Crippen molar-refractivity contribution in [3.63, 3.8) is 0 Å². The van der Waals surface area contributed by atoms with E-state index in [0.29, 0.717) is 12.1 Å². The molecule has 27 heavy (non-hydrogen) atoms. The topological polar surface area (TPSA) is 72.1 Å². The predicted molar refractivity (Wildman–Crippen MR) is 102 cm³/mol. The molecular weight excluding hydrogens is 342 g/mol. The monoisotopic (exact) mass is 363 g/mol. The van der Waals surface area contributed by atoms with Crippen LogP contribution >= 0.6 is 0 Å². The molecular formula is C20H21N5O2. The van der Waals surface area contributed by atoms with Crippen LogP contribution < -0.4 is 0 Å². The van der Waals surface area contributed by atoms with E-state index in [2.05, 4.69) is 20.2 Å². The summed E-state index contributed by atoms with van der Waals surface area (Å²) in [6.45, 7) is 1.42. The molecule has 7 heteroatoms. The van der Waals surface area contributed by atoms with Crippen molar-refractivity contribution in [3.05, 3.63) is 65.6 Å². The molecule has 0 N–H and O–H groups in total. The zero-order valence-electron chi connectivity index (χ0n) is 15.2. The van der Waals surface area contributed by atoms with E-state index in [9.17, 15) is 4.79 Å². The van der Waals surface area contributed by atoms with E-state index in [0.717, 1.165) is 36.4 Å². The number of hydrogen-bond acceptors (Lipinski definition) is 5. The van der Waals surface area contributed by atoms with E-state index in [1.165, 1.54) is 7.11 Å². The van der Waals surface area contributed by atoms with Crippen molar-refractivity contribution in [2.45, 2.75) is 18.8 Å². The number of hydrogen-bond donors (Lipinski definition) is 0. The van der Waals surface area contributed by atoms with Gasteiger partial charge in [0, 0.05) is 30.8 Å². The lowest BCUT2D eigenvalue weighted by Gasteiger charge is -2.32. The average Bonchev–Trinajstić information content (AvgIpc) is 3.16. The van der Waals surface area contributed by atoms with Gasteiger partial charge in [-0.2, -0.15) is 0 Å². The highest BCUT2D eigenvalue weighted by Gasteiger charge is 2.28. The second-order valence-corrected chi connectivity index (χ2v) is 6.62. The molecule has 3 aromatic rings. The maximum atomic E-state index is 12.9. The molecule has 0 aliphatic carbocycles. The van der Waals surface area contributed by atoms with E-state index < -0.39 is 0 Å². The van der Waals surface area contributed by atoms with Gasteiger partial charge in [-0.15, -0.1) is 10.2 Å². The molecule has 1 aliphatic rings. The van der Waals surface area contributed by atoms with E-state index in [1.54, 1.807) is 6.21 Å². The lowest BCUT2D eigenvalue weighted by molar-refractivity contribution is 0.0704. The smallest absolute Gasteiger partial charge is 0.253 e. The number of oxime groups is 1. The molecule has 0 spiro atoms. The minimum absolute atomic E-state index is 0.0451. The molecule has 1 atom stereocenters. The van der Waals surface area contributed by atoms with Crippen LogP contribution in [0.4, 0.5) is 0 Å². The van der Waals surface area contributed by atoms with Gasteiger partial charge in [0.25, 0.3) is 5.91 Å². The van der Waals surface area contributed by atoms with Crippen molar-refractivity contribution < 1.29 is 9.63 Å². The number of aromatic nitrogens is 3. The van der Waals surface area contributed by atoms with Crippen LogP contribution in [0.2, 0.25) is 0 Å². The summed E-state index contributed by atoms with van der Waals surface area (Å²) in [6, 6.07) is 13.2. The Bertz CT molecular complexity index is 964. The van der Waals surface area contributed by atoms with Gasteiger partial charge in [-0.05, 0) is 42.7 Å². The second kappa shape index (κ2) is 7.57. The van der Waals surface area contributed by atoms with Gasteiger partial charge >= 0.3 is 0 Å². The van der Waals surface area contributed by atoms with Gasteiger partial charge in [-0.3, -0.25) is 9.20 Å². The first-order chi connectivity index (χ1) is 13.3. The van der Waals surface area contributed by atoms with Crippen LogP contribution in [0.15, 0.2) is 53.8 Å². The summed E-state index contributed by atoms with van der Waals surface area (Å²) in [5.41, 5.74) is 2.40. The molecule has 7 nitrogen and oxygen atoms in total. The summed E-state index contributed by atoms with van der Waals surface area (Å²) < 4.78 is 2.02. The van der Waals surface area contributed by atoms with Crippen molar-refractivity contribution in [2.24, 2.45) is 5.16 Å². The van der Waals surface area contributed by atoms with Crippen LogP contribution in [0.5, 0.6) is 0 Å². The highest BCUT2D eigenvalue weighted by molar-refractivity contribution is 5.95. The van der Waals surface area contributed by atoms with E-state index >= 15 is 0 Å². The van der Waals surface area contributed by atoms with Crippen molar-refractivity contribution in [3.8, 4) is 0 Å². The molecule has 1 aromatic carbocycles. The largest absolute Gasteiger partial charge is 0.399 e. The number of rotatable bonds is 4. The third-order valence-corrected chi connectivity index (χ3v) is 4.88. The van der Waals surface area contributed by atoms with Crippen LogP contribution in [-0.4, -0.2) is 51.8 Å². The zero-order chi connectivity index (χ0) is 18.6. The maximum Gasteiger partial charge on any atom is 0.253 e. The van der Waals surface area contributed by atoms with Crippen LogP contribution in [0, 0.1) is 0 Å². The quantitative estimate of drug-likeness (QED) is 0.528. The van der Waals surface area contributed by atoms with Gasteiger partial charge in [0.05, 0.1) is 6.21 Å². The van der Waals surface area contributed by atoms with Gasteiger partial charge < -0.3 is 9.74 Å². The van der Waals surface area contributed by atoms with Gasteiger partial charge in [-0.25, -0.2) is 0 Å². The Morgan fingerprint density at radius 2 is 2.07 bits per heavy atom. The first-order valence-corrected chi connectivity index (χ1v) is 9.02. The average molecular weight is 363 g/mol. The number of benzene rings is 1. The summed E-state index contributed by atoms with van der Waals surface area (Å²) in [7, 11) is 1.50. The third-order valence-electron chi connectivity index (χ3n) is 4.88. The molecule has 1 fully saturated rings. The molecule has 1 saturated heterocycles. The fourth-order valence-electron chi connectivity index (χ4n) is 3.52. The minimum atomic E-state index is 0.0451. The third kappa shape index (κ3) is 3.53. The number of amides is 1. The van der Waals surface area contributed by atoms with Crippen molar-refractivity contribution in [1.29, 1.82) is 0 Å². The first-order valence-electron chi connectivity index (χ1n) is 9.02. The summed E-state index contributed by atoms with van der Waals surface area (Å²) in [5, 5.41) is 12.4. The number of likely N-dealkylation sites (tertiary alicyclic amines) is 1. The normalized spacial score (nSPS) is 17.5. The molecule has 3 heterocycles. The van der Waals surface area contributed by atoms with Gasteiger partial charge in [0.2, 0.25) is 0 Å². The fraction of sp³-hybridized carbons (Fsp3) is 0.300. The molecule has 2 aromatic heterocycles. The van der Waals surface area contributed by atoms with E-state index in [4.69, 9.17) is 0 Å². The predicted octanol–water partition coefficient (Wildman–Crippen LogP) is 2.73. The fourth-order valence-corrected chi connectivity index (χ4v) is 3.52. The minimum Gasteiger partial charge on any atom is -0.399 e. The Morgan fingerprint density at radius 1 is 1.22 bits per heavy atom. The first kappa shape index (κ1) is 17.2. The summed E-state index contributed by atoms with van der Waals surface area (Å²) in [5.74, 6) is 1.16. The SMILES string of the molecule is CO/N=C/c1ccc(C(=O)N2CCCC(c3nnc4ccccn34)C2)cc1. The Morgan fingerprint density at radius 3 is 2.89 bits per heavy atom. The van der Waals surface area contributed by atoms with Crippen LogP contribution in [0.25, 0.3) is 5.65 Å². The lowest BCUT2D eigenvalue weighted by Crippen LogP contribution is -2.39. The number of carbonyl (C=O) groups excluding carboxylic acids is 1. The van der Waals surface area contributed by atoms with Crippen LogP contribution in [0.1, 0.15) is 40.5 Å².